The van der Waals surface area contributed by atoms with E-state index in [9.17, 15) is 0 Å². The smallest absolute Gasteiger partial charge is 0.0971 e. The summed E-state index contributed by atoms with van der Waals surface area (Å²) in [7, 11) is 4.01. The minimum absolute atomic E-state index is 0.290. The van der Waals surface area contributed by atoms with Gasteiger partial charge >= 0.3 is 0 Å². The highest BCUT2D eigenvalue weighted by Gasteiger charge is 2.45. The number of hydrogen-bond donors (Lipinski definition) is 2. The fourth-order valence-electron chi connectivity index (χ4n) is 4.93. The molecule has 2 atom stereocenters. The fourth-order valence-corrected chi connectivity index (χ4v) is 4.93. The summed E-state index contributed by atoms with van der Waals surface area (Å²) in [6.07, 6.45) is 8.63. The predicted octanol–water partition coefficient (Wildman–Crippen LogP) is 3.45. The molecule has 2 saturated carbocycles. The highest BCUT2D eigenvalue weighted by molar-refractivity contribution is 5.80. The van der Waals surface area contributed by atoms with Crippen molar-refractivity contribution in [3.63, 3.8) is 0 Å². The molecule has 0 radical (unpaired) electrons. The number of piperidine rings is 1. The largest absolute Gasteiger partial charge is 0.367 e. The molecular weight excluding hydrogens is 320 g/mol. The molecular formula is C22H34N4. The number of rotatable bonds is 6. The Morgan fingerprint density at radius 1 is 1.19 bits per heavy atom. The number of amidine groups is 1. The summed E-state index contributed by atoms with van der Waals surface area (Å²) < 4.78 is 0. The Hall–Kier alpha value is -1.39. The third-order valence-corrected chi connectivity index (χ3v) is 6.95. The van der Waals surface area contributed by atoms with Crippen LogP contribution < -0.4 is 5.32 Å². The van der Waals surface area contributed by atoms with Crippen molar-refractivity contribution in [1.29, 1.82) is 5.41 Å². The molecule has 0 spiro atoms. The molecule has 2 aliphatic carbocycles. The highest BCUT2D eigenvalue weighted by atomic mass is 15.2. The molecule has 4 nitrogen and oxygen atoms in total. The Labute approximate surface area is 158 Å². The van der Waals surface area contributed by atoms with Crippen LogP contribution in [0.25, 0.3) is 0 Å². The van der Waals surface area contributed by atoms with Gasteiger partial charge in [0, 0.05) is 57.1 Å². The van der Waals surface area contributed by atoms with Crippen LogP contribution in [0.4, 0.5) is 0 Å². The lowest BCUT2D eigenvalue weighted by atomic mass is 9.71. The van der Waals surface area contributed by atoms with Gasteiger partial charge in [-0.25, -0.2) is 0 Å². The third kappa shape index (κ3) is 3.67. The second kappa shape index (κ2) is 7.32. The Morgan fingerprint density at radius 2 is 1.88 bits per heavy atom. The summed E-state index contributed by atoms with van der Waals surface area (Å²) in [5, 5.41) is 12.2. The average Bonchev–Trinajstić information content (AvgIpc) is 3.38. The van der Waals surface area contributed by atoms with Crippen LogP contribution in [0.2, 0.25) is 0 Å². The van der Waals surface area contributed by atoms with Crippen molar-refractivity contribution in [3.8, 4) is 0 Å². The number of nitrogens with zero attached hydrogens (tertiary/aromatic N) is 2. The summed E-state index contributed by atoms with van der Waals surface area (Å²) >= 11 is 0. The number of hydrogen-bond acceptors (Lipinski definition) is 3. The fraction of sp³-hybridized carbons (Fsp3) is 0.682. The van der Waals surface area contributed by atoms with E-state index >= 15 is 0 Å². The maximum absolute atomic E-state index is 8.29. The van der Waals surface area contributed by atoms with Gasteiger partial charge in [-0.15, -0.1) is 0 Å². The Kier molecular flexibility index (Phi) is 5.07. The summed E-state index contributed by atoms with van der Waals surface area (Å²) in [4.78, 5) is 4.69. The molecule has 1 heterocycles. The molecule has 0 amide bonds. The van der Waals surface area contributed by atoms with E-state index in [0.717, 1.165) is 18.2 Å². The number of benzene rings is 1. The van der Waals surface area contributed by atoms with Crippen molar-refractivity contribution >= 4 is 5.84 Å². The van der Waals surface area contributed by atoms with Crippen molar-refractivity contribution in [2.24, 2.45) is 0 Å². The first-order chi connectivity index (χ1) is 12.6. The van der Waals surface area contributed by atoms with Gasteiger partial charge in [0.05, 0.1) is 5.84 Å². The topological polar surface area (TPSA) is 42.4 Å². The summed E-state index contributed by atoms with van der Waals surface area (Å²) in [6.45, 7) is 2.39. The van der Waals surface area contributed by atoms with Crippen LogP contribution in [0.1, 0.15) is 56.4 Å². The molecule has 3 fully saturated rings. The van der Waals surface area contributed by atoms with Crippen molar-refractivity contribution in [2.75, 3.05) is 27.2 Å². The molecule has 1 aromatic carbocycles. The van der Waals surface area contributed by atoms with Crippen molar-refractivity contribution in [2.45, 2.75) is 68.5 Å². The molecule has 142 valence electrons. The predicted molar refractivity (Wildman–Crippen MR) is 108 cm³/mol. The van der Waals surface area contributed by atoms with E-state index in [-0.39, 0.29) is 0 Å². The monoisotopic (exact) mass is 354 g/mol. The van der Waals surface area contributed by atoms with Gasteiger partial charge in [0.25, 0.3) is 0 Å². The van der Waals surface area contributed by atoms with Gasteiger partial charge in [-0.1, -0.05) is 30.3 Å². The first kappa shape index (κ1) is 18.0. The number of likely N-dealkylation sites (tertiary alicyclic amines) is 1. The van der Waals surface area contributed by atoms with Crippen LogP contribution in [0.3, 0.4) is 0 Å². The average molecular weight is 355 g/mol. The van der Waals surface area contributed by atoms with Gasteiger partial charge in [0.15, 0.2) is 0 Å². The minimum Gasteiger partial charge on any atom is -0.367 e. The molecule has 0 aromatic heterocycles. The van der Waals surface area contributed by atoms with Gasteiger partial charge in [-0.2, -0.15) is 0 Å². The van der Waals surface area contributed by atoms with E-state index in [2.05, 4.69) is 40.5 Å². The second-order valence-electron chi connectivity index (χ2n) is 8.88. The SMILES string of the molecule is CN(C)C(=N)CC1(N2CCC(N[C@@H]3C[C@H]3c3ccccc3)CC2)CCC1. The van der Waals surface area contributed by atoms with Crippen LogP contribution in [-0.4, -0.2) is 60.4 Å². The van der Waals surface area contributed by atoms with Crippen molar-refractivity contribution in [1.82, 2.24) is 15.1 Å². The number of nitrogens with one attached hydrogen (secondary N) is 2. The second-order valence-corrected chi connectivity index (χ2v) is 8.88. The van der Waals surface area contributed by atoms with Crippen molar-refractivity contribution < 1.29 is 0 Å². The van der Waals surface area contributed by atoms with E-state index < -0.39 is 0 Å². The molecule has 1 aromatic rings. The van der Waals surface area contributed by atoms with Gasteiger partial charge in [0.2, 0.25) is 0 Å². The van der Waals surface area contributed by atoms with Gasteiger partial charge in [-0.05, 0) is 44.1 Å². The lowest BCUT2D eigenvalue weighted by molar-refractivity contribution is -0.000241. The van der Waals surface area contributed by atoms with E-state index in [1.165, 1.54) is 57.2 Å². The molecule has 26 heavy (non-hydrogen) atoms. The standard InChI is InChI=1S/C22H34N4/c1-25(2)21(23)16-22(11-6-12-22)26-13-9-18(10-14-26)24-20-15-19(20)17-7-4-3-5-8-17/h3-5,7-8,18-20,23-24H,6,9-16H2,1-2H3/t19-,20+/m0/s1. The Morgan fingerprint density at radius 3 is 2.46 bits per heavy atom. The maximum atomic E-state index is 8.29. The highest BCUT2D eigenvalue weighted by Crippen LogP contribution is 2.44. The van der Waals surface area contributed by atoms with Crippen LogP contribution in [0.5, 0.6) is 0 Å². The lowest BCUT2D eigenvalue weighted by Gasteiger charge is -2.53. The Balaban J connectivity index is 1.26. The van der Waals surface area contributed by atoms with E-state index in [1.807, 2.05) is 19.0 Å². The summed E-state index contributed by atoms with van der Waals surface area (Å²) in [6, 6.07) is 12.3. The van der Waals surface area contributed by atoms with E-state index in [1.54, 1.807) is 0 Å². The molecule has 4 heteroatoms. The zero-order chi connectivity index (χ0) is 18.1. The van der Waals surface area contributed by atoms with Crippen LogP contribution in [-0.2, 0) is 0 Å². The molecule has 3 aliphatic rings. The molecule has 4 rings (SSSR count). The van der Waals surface area contributed by atoms with E-state index in [0.29, 0.717) is 17.6 Å². The zero-order valence-corrected chi connectivity index (χ0v) is 16.4. The molecule has 1 saturated heterocycles. The van der Waals surface area contributed by atoms with E-state index in [4.69, 9.17) is 5.41 Å². The minimum atomic E-state index is 0.290. The van der Waals surface area contributed by atoms with Crippen LogP contribution in [0.15, 0.2) is 30.3 Å². The zero-order valence-electron chi connectivity index (χ0n) is 16.4. The normalized spacial score (nSPS) is 28.4. The first-order valence-corrected chi connectivity index (χ1v) is 10.4. The third-order valence-electron chi connectivity index (χ3n) is 6.95. The van der Waals surface area contributed by atoms with Crippen molar-refractivity contribution in [3.05, 3.63) is 35.9 Å². The van der Waals surface area contributed by atoms with Gasteiger partial charge < -0.3 is 10.2 Å². The van der Waals surface area contributed by atoms with Gasteiger partial charge in [-0.3, -0.25) is 10.3 Å². The molecule has 1 aliphatic heterocycles. The van der Waals surface area contributed by atoms with Crippen LogP contribution in [0, 0.1) is 5.41 Å². The summed E-state index contributed by atoms with van der Waals surface area (Å²) in [5.74, 6) is 1.52. The molecule has 0 bridgehead atoms. The Bertz CT molecular complexity index is 614. The van der Waals surface area contributed by atoms with Gasteiger partial charge in [0.1, 0.15) is 0 Å². The lowest BCUT2D eigenvalue weighted by Crippen LogP contribution is -2.59. The summed E-state index contributed by atoms with van der Waals surface area (Å²) in [5.41, 5.74) is 1.79. The van der Waals surface area contributed by atoms with Crippen LogP contribution >= 0.6 is 0 Å². The quantitative estimate of drug-likeness (QED) is 0.607. The molecule has 2 N–H and O–H groups in total. The maximum Gasteiger partial charge on any atom is 0.0971 e. The first-order valence-electron chi connectivity index (χ1n) is 10.4. The molecule has 0 unspecified atom stereocenters.